The molecular formula is C16H16N6O. The van der Waals surface area contributed by atoms with Crippen molar-refractivity contribution in [1.82, 2.24) is 30.5 Å². The van der Waals surface area contributed by atoms with Crippen LogP contribution in [0.3, 0.4) is 0 Å². The van der Waals surface area contributed by atoms with Crippen molar-refractivity contribution >= 4 is 16.8 Å². The molecule has 0 bridgehead atoms. The molecule has 0 unspecified atom stereocenters. The lowest BCUT2D eigenvalue weighted by molar-refractivity contribution is -0.122. The summed E-state index contributed by atoms with van der Waals surface area (Å²) in [6.07, 6.45) is 3.79. The second-order valence-electron chi connectivity index (χ2n) is 5.69. The minimum Gasteiger partial charge on any atom is -0.354 e. The maximum absolute atomic E-state index is 11.6. The summed E-state index contributed by atoms with van der Waals surface area (Å²) >= 11 is 0. The molecule has 7 heteroatoms. The number of carbonyl (C=O) groups is 1. The molecule has 4 rings (SSSR count). The van der Waals surface area contributed by atoms with Crippen LogP contribution in [0.4, 0.5) is 0 Å². The van der Waals surface area contributed by atoms with Crippen LogP contribution in [0.25, 0.3) is 22.3 Å². The van der Waals surface area contributed by atoms with Gasteiger partial charge in [-0.2, -0.15) is 4.80 Å². The first-order valence-electron chi connectivity index (χ1n) is 7.70. The molecule has 1 aliphatic rings. The van der Waals surface area contributed by atoms with Crippen molar-refractivity contribution in [2.45, 2.75) is 19.4 Å². The number of aromatic nitrogens is 5. The van der Waals surface area contributed by atoms with Crippen LogP contribution in [-0.4, -0.2) is 37.6 Å². The Hall–Kier alpha value is -2.83. The van der Waals surface area contributed by atoms with Gasteiger partial charge in [-0.3, -0.25) is 9.78 Å². The highest BCUT2D eigenvalue weighted by Gasteiger charge is 2.29. The number of rotatable bonds is 5. The van der Waals surface area contributed by atoms with Crippen molar-refractivity contribution in [2.24, 2.45) is 5.92 Å². The maximum atomic E-state index is 11.6. The molecule has 0 radical (unpaired) electrons. The average Bonchev–Trinajstić information content (AvgIpc) is 3.34. The number of tetrazole rings is 1. The quantitative estimate of drug-likeness (QED) is 0.770. The third kappa shape index (κ3) is 3.03. The van der Waals surface area contributed by atoms with Crippen LogP contribution in [0.2, 0.25) is 0 Å². The van der Waals surface area contributed by atoms with Gasteiger partial charge in [0.2, 0.25) is 11.7 Å². The fraction of sp³-hybridized carbons (Fsp3) is 0.312. The summed E-state index contributed by atoms with van der Waals surface area (Å²) < 4.78 is 0. The molecule has 0 saturated heterocycles. The van der Waals surface area contributed by atoms with Crippen LogP contribution in [0.1, 0.15) is 12.8 Å². The van der Waals surface area contributed by atoms with Crippen LogP contribution in [-0.2, 0) is 11.3 Å². The molecule has 23 heavy (non-hydrogen) atoms. The average molecular weight is 308 g/mol. The topological polar surface area (TPSA) is 85.6 Å². The van der Waals surface area contributed by atoms with E-state index in [1.54, 1.807) is 6.20 Å². The van der Waals surface area contributed by atoms with Crippen molar-refractivity contribution < 1.29 is 4.79 Å². The van der Waals surface area contributed by atoms with Crippen LogP contribution in [0.5, 0.6) is 0 Å². The molecule has 1 N–H and O–H groups in total. The lowest BCUT2D eigenvalue weighted by Crippen LogP contribution is -2.28. The number of benzene rings is 1. The van der Waals surface area contributed by atoms with Gasteiger partial charge in [0.25, 0.3) is 0 Å². The molecule has 0 atom stereocenters. The number of hydrogen-bond donors (Lipinski definition) is 1. The molecule has 7 nitrogen and oxygen atoms in total. The van der Waals surface area contributed by atoms with Crippen molar-refractivity contribution in [3.63, 3.8) is 0 Å². The summed E-state index contributed by atoms with van der Waals surface area (Å²) in [6, 6.07) is 9.79. The SMILES string of the molecule is O=C(NCCn1nnc(-c2ccc3ncccc3c2)n1)C1CC1. The summed E-state index contributed by atoms with van der Waals surface area (Å²) in [5.74, 6) is 0.928. The van der Waals surface area contributed by atoms with Crippen molar-refractivity contribution in [1.29, 1.82) is 0 Å². The Morgan fingerprint density at radius 3 is 3.09 bits per heavy atom. The zero-order valence-electron chi connectivity index (χ0n) is 12.5. The molecule has 2 heterocycles. The van der Waals surface area contributed by atoms with E-state index < -0.39 is 0 Å². The Labute approximate surface area is 132 Å². The number of carbonyl (C=O) groups excluding carboxylic acids is 1. The largest absolute Gasteiger partial charge is 0.354 e. The fourth-order valence-electron chi connectivity index (χ4n) is 2.44. The normalized spacial score (nSPS) is 14.1. The molecule has 0 spiro atoms. The van der Waals surface area contributed by atoms with Crippen molar-refractivity contribution in [2.75, 3.05) is 6.54 Å². The second-order valence-corrected chi connectivity index (χ2v) is 5.69. The first kappa shape index (κ1) is 13.8. The molecule has 2 aromatic heterocycles. The number of amides is 1. The van der Waals surface area contributed by atoms with Gasteiger partial charge in [-0.05, 0) is 42.3 Å². The predicted molar refractivity (Wildman–Crippen MR) is 84.3 cm³/mol. The van der Waals surface area contributed by atoms with Crippen LogP contribution in [0, 0.1) is 5.92 Å². The van der Waals surface area contributed by atoms with Gasteiger partial charge in [0.05, 0.1) is 12.1 Å². The molecule has 116 valence electrons. The number of hydrogen-bond acceptors (Lipinski definition) is 5. The molecule has 1 fully saturated rings. The Morgan fingerprint density at radius 1 is 1.30 bits per heavy atom. The van der Waals surface area contributed by atoms with Gasteiger partial charge in [0, 0.05) is 29.6 Å². The first-order chi connectivity index (χ1) is 11.3. The third-order valence-electron chi connectivity index (χ3n) is 3.87. The van der Waals surface area contributed by atoms with E-state index in [1.165, 1.54) is 4.80 Å². The summed E-state index contributed by atoms with van der Waals surface area (Å²) in [5, 5.41) is 16.4. The number of nitrogens with one attached hydrogen (secondary N) is 1. The lowest BCUT2D eigenvalue weighted by atomic mass is 10.1. The second kappa shape index (κ2) is 5.75. The van der Waals surface area contributed by atoms with Gasteiger partial charge < -0.3 is 5.32 Å². The van der Waals surface area contributed by atoms with Gasteiger partial charge in [0.1, 0.15) is 0 Å². The maximum Gasteiger partial charge on any atom is 0.223 e. The zero-order valence-corrected chi connectivity index (χ0v) is 12.5. The smallest absolute Gasteiger partial charge is 0.223 e. The Bertz CT molecular complexity index is 854. The van der Waals surface area contributed by atoms with Crippen LogP contribution < -0.4 is 5.32 Å². The molecule has 1 saturated carbocycles. The Morgan fingerprint density at radius 2 is 2.22 bits per heavy atom. The highest BCUT2D eigenvalue weighted by Crippen LogP contribution is 2.28. The van der Waals surface area contributed by atoms with E-state index in [2.05, 4.69) is 25.7 Å². The molecule has 3 aromatic rings. The third-order valence-corrected chi connectivity index (χ3v) is 3.87. The van der Waals surface area contributed by atoms with E-state index in [0.29, 0.717) is 18.9 Å². The molecule has 1 aliphatic carbocycles. The van der Waals surface area contributed by atoms with E-state index in [4.69, 9.17) is 0 Å². The first-order valence-corrected chi connectivity index (χ1v) is 7.70. The Balaban J connectivity index is 1.44. The molecule has 0 aliphatic heterocycles. The predicted octanol–water partition coefficient (Wildman–Crippen LogP) is 1.41. The minimum absolute atomic E-state index is 0.132. The van der Waals surface area contributed by atoms with E-state index in [9.17, 15) is 4.79 Å². The van der Waals surface area contributed by atoms with E-state index in [1.807, 2.05) is 30.3 Å². The number of nitrogens with zero attached hydrogens (tertiary/aromatic N) is 5. The van der Waals surface area contributed by atoms with Gasteiger partial charge in [0.15, 0.2) is 0 Å². The highest BCUT2D eigenvalue weighted by atomic mass is 16.2. The van der Waals surface area contributed by atoms with Gasteiger partial charge in [-0.15, -0.1) is 10.2 Å². The Kier molecular flexibility index (Phi) is 3.45. The lowest BCUT2D eigenvalue weighted by Gasteiger charge is -2.02. The summed E-state index contributed by atoms with van der Waals surface area (Å²) in [5.41, 5.74) is 1.84. The van der Waals surface area contributed by atoms with E-state index in [0.717, 1.165) is 29.3 Å². The van der Waals surface area contributed by atoms with E-state index in [-0.39, 0.29) is 11.8 Å². The summed E-state index contributed by atoms with van der Waals surface area (Å²) in [7, 11) is 0. The standard InChI is InChI=1S/C16H16N6O/c23-16(11-3-4-11)18-8-9-22-20-15(19-21-22)13-5-6-14-12(10-13)2-1-7-17-14/h1-2,5-7,10-11H,3-4,8-9H2,(H,18,23). The van der Waals surface area contributed by atoms with Gasteiger partial charge >= 0.3 is 0 Å². The van der Waals surface area contributed by atoms with E-state index >= 15 is 0 Å². The number of pyridine rings is 1. The van der Waals surface area contributed by atoms with Crippen LogP contribution in [0.15, 0.2) is 36.5 Å². The summed E-state index contributed by atoms with van der Waals surface area (Å²) in [4.78, 5) is 17.4. The zero-order chi connectivity index (χ0) is 15.6. The van der Waals surface area contributed by atoms with Crippen molar-refractivity contribution in [3.8, 4) is 11.4 Å². The van der Waals surface area contributed by atoms with Crippen LogP contribution >= 0.6 is 0 Å². The summed E-state index contributed by atoms with van der Waals surface area (Å²) in [6.45, 7) is 1.04. The minimum atomic E-state index is 0.132. The molecule has 1 amide bonds. The van der Waals surface area contributed by atoms with Gasteiger partial charge in [-0.25, -0.2) is 0 Å². The fourth-order valence-corrected chi connectivity index (χ4v) is 2.44. The highest BCUT2D eigenvalue weighted by molar-refractivity contribution is 5.83. The van der Waals surface area contributed by atoms with Gasteiger partial charge in [-0.1, -0.05) is 6.07 Å². The molecule has 1 aromatic carbocycles. The molecular weight excluding hydrogens is 292 g/mol. The number of fused-ring (bicyclic) bond motifs is 1. The van der Waals surface area contributed by atoms with Crippen molar-refractivity contribution in [3.05, 3.63) is 36.5 Å². The monoisotopic (exact) mass is 308 g/mol.